The van der Waals surface area contributed by atoms with Gasteiger partial charge in [0.2, 0.25) is 10.0 Å². The van der Waals surface area contributed by atoms with Gasteiger partial charge in [-0.05, 0) is 17.8 Å². The van der Waals surface area contributed by atoms with Crippen LogP contribution in [0.3, 0.4) is 0 Å². The number of hydrogen-bond acceptors (Lipinski definition) is 3. The molecular weight excluding hydrogens is 258 g/mol. The van der Waals surface area contributed by atoms with Gasteiger partial charge in [-0.25, -0.2) is 13.1 Å². The van der Waals surface area contributed by atoms with E-state index in [1.165, 1.54) is 0 Å². The van der Waals surface area contributed by atoms with E-state index in [1.54, 1.807) is 0 Å². The highest BCUT2D eigenvalue weighted by atomic mass is 32.2. The molecule has 0 bridgehead atoms. The summed E-state index contributed by atoms with van der Waals surface area (Å²) in [6, 6.07) is 8.82. The number of benzene rings is 1. The SMILES string of the molecule is CS(=O)(=O)NC(CNC(N)=S)c1ccccc1. The van der Waals surface area contributed by atoms with Crippen molar-refractivity contribution in [3.8, 4) is 0 Å². The van der Waals surface area contributed by atoms with Gasteiger partial charge >= 0.3 is 0 Å². The van der Waals surface area contributed by atoms with Gasteiger partial charge in [-0.3, -0.25) is 0 Å². The predicted molar refractivity (Wildman–Crippen MR) is 72.0 cm³/mol. The molecule has 0 aromatic heterocycles. The lowest BCUT2D eigenvalue weighted by molar-refractivity contribution is 0.557. The third-order valence-electron chi connectivity index (χ3n) is 2.04. The van der Waals surface area contributed by atoms with Gasteiger partial charge in [-0.1, -0.05) is 30.3 Å². The zero-order chi connectivity index (χ0) is 12.9. The lowest BCUT2D eigenvalue weighted by atomic mass is 10.1. The average Bonchev–Trinajstić information content (AvgIpc) is 2.24. The molecule has 0 aliphatic heterocycles. The third kappa shape index (κ3) is 5.62. The fourth-order valence-electron chi connectivity index (χ4n) is 1.37. The van der Waals surface area contributed by atoms with Crippen LogP contribution in [0.25, 0.3) is 0 Å². The van der Waals surface area contributed by atoms with Gasteiger partial charge in [0.15, 0.2) is 5.11 Å². The number of rotatable bonds is 5. The molecule has 1 aromatic carbocycles. The molecule has 0 heterocycles. The summed E-state index contributed by atoms with van der Waals surface area (Å²) in [5.74, 6) is 0. The normalized spacial score (nSPS) is 13.0. The van der Waals surface area contributed by atoms with Crippen LogP contribution in [0.15, 0.2) is 30.3 Å². The monoisotopic (exact) mass is 273 g/mol. The van der Waals surface area contributed by atoms with Crippen LogP contribution < -0.4 is 15.8 Å². The summed E-state index contributed by atoms with van der Waals surface area (Å²) in [4.78, 5) is 0. The van der Waals surface area contributed by atoms with E-state index in [-0.39, 0.29) is 5.11 Å². The van der Waals surface area contributed by atoms with Crippen LogP contribution in [0.1, 0.15) is 11.6 Å². The van der Waals surface area contributed by atoms with Crippen molar-refractivity contribution in [1.82, 2.24) is 10.0 Å². The van der Waals surface area contributed by atoms with Gasteiger partial charge in [0.05, 0.1) is 12.3 Å². The van der Waals surface area contributed by atoms with Crippen LogP contribution in [-0.2, 0) is 10.0 Å². The van der Waals surface area contributed by atoms with Crippen molar-refractivity contribution in [3.05, 3.63) is 35.9 Å². The Hall–Kier alpha value is -1.18. The molecule has 1 unspecified atom stereocenters. The van der Waals surface area contributed by atoms with Crippen molar-refractivity contribution in [2.45, 2.75) is 6.04 Å². The quantitative estimate of drug-likeness (QED) is 0.663. The number of thiocarbonyl (C=S) groups is 1. The van der Waals surface area contributed by atoms with Gasteiger partial charge in [0, 0.05) is 6.54 Å². The lowest BCUT2D eigenvalue weighted by Gasteiger charge is -2.18. The van der Waals surface area contributed by atoms with Crippen molar-refractivity contribution in [2.24, 2.45) is 5.73 Å². The van der Waals surface area contributed by atoms with E-state index in [4.69, 9.17) is 18.0 Å². The zero-order valence-electron chi connectivity index (χ0n) is 9.38. The molecule has 5 nitrogen and oxygen atoms in total. The smallest absolute Gasteiger partial charge is 0.209 e. The maximum Gasteiger partial charge on any atom is 0.209 e. The van der Waals surface area contributed by atoms with Crippen LogP contribution in [0, 0.1) is 0 Å². The molecule has 0 radical (unpaired) electrons. The van der Waals surface area contributed by atoms with Gasteiger partial charge in [-0.2, -0.15) is 0 Å². The minimum atomic E-state index is -3.29. The van der Waals surface area contributed by atoms with E-state index >= 15 is 0 Å². The van der Waals surface area contributed by atoms with E-state index in [2.05, 4.69) is 10.0 Å². The number of nitrogens with two attached hydrogens (primary N) is 1. The summed E-state index contributed by atoms with van der Waals surface area (Å²) < 4.78 is 25.0. The molecule has 17 heavy (non-hydrogen) atoms. The van der Waals surface area contributed by atoms with E-state index in [0.29, 0.717) is 6.54 Å². The van der Waals surface area contributed by atoms with Crippen molar-refractivity contribution in [3.63, 3.8) is 0 Å². The minimum absolute atomic E-state index is 0.140. The molecule has 0 saturated carbocycles. The molecule has 94 valence electrons. The first-order valence-corrected chi connectivity index (χ1v) is 7.24. The molecule has 0 amide bonds. The van der Waals surface area contributed by atoms with Crippen LogP contribution >= 0.6 is 12.2 Å². The topological polar surface area (TPSA) is 84.2 Å². The summed E-state index contributed by atoms with van der Waals surface area (Å²) in [6.07, 6.45) is 1.11. The fraction of sp³-hybridized carbons (Fsp3) is 0.300. The minimum Gasteiger partial charge on any atom is -0.376 e. The van der Waals surface area contributed by atoms with E-state index in [0.717, 1.165) is 11.8 Å². The number of nitrogens with one attached hydrogen (secondary N) is 2. The van der Waals surface area contributed by atoms with Gasteiger partial charge < -0.3 is 11.1 Å². The highest BCUT2D eigenvalue weighted by Gasteiger charge is 2.15. The van der Waals surface area contributed by atoms with Crippen molar-refractivity contribution in [1.29, 1.82) is 0 Å². The molecule has 0 aliphatic rings. The average molecular weight is 273 g/mol. The van der Waals surface area contributed by atoms with E-state index in [1.807, 2.05) is 30.3 Å². The predicted octanol–water partition coefficient (Wildman–Crippen LogP) is 0.110. The Morgan fingerprint density at radius 2 is 2.00 bits per heavy atom. The molecular formula is C10H15N3O2S2. The molecule has 1 aromatic rings. The fourth-order valence-corrected chi connectivity index (χ4v) is 2.19. The molecule has 7 heteroatoms. The third-order valence-corrected chi connectivity index (χ3v) is 2.90. The Kier molecular flexibility index (Phi) is 4.86. The second kappa shape index (κ2) is 5.95. The molecule has 0 saturated heterocycles. The Labute approximate surface area is 106 Å². The maximum atomic E-state index is 11.3. The van der Waals surface area contributed by atoms with Crippen molar-refractivity contribution < 1.29 is 8.42 Å². The Morgan fingerprint density at radius 1 is 1.41 bits per heavy atom. The summed E-state index contributed by atoms with van der Waals surface area (Å²) in [5.41, 5.74) is 6.17. The molecule has 0 fully saturated rings. The molecule has 1 rings (SSSR count). The number of sulfonamides is 1. The Bertz CT molecular complexity index is 474. The summed E-state index contributed by atoms with van der Waals surface area (Å²) >= 11 is 4.69. The summed E-state index contributed by atoms with van der Waals surface area (Å²) in [7, 11) is -3.29. The summed E-state index contributed by atoms with van der Waals surface area (Å²) in [6.45, 7) is 0.312. The Morgan fingerprint density at radius 3 is 2.47 bits per heavy atom. The molecule has 1 atom stereocenters. The van der Waals surface area contributed by atoms with Gasteiger partial charge in [0.1, 0.15) is 0 Å². The Balaban J connectivity index is 2.83. The first-order chi connectivity index (χ1) is 7.88. The van der Waals surface area contributed by atoms with Crippen molar-refractivity contribution in [2.75, 3.05) is 12.8 Å². The highest BCUT2D eigenvalue weighted by Crippen LogP contribution is 2.12. The first kappa shape index (κ1) is 13.9. The van der Waals surface area contributed by atoms with E-state index < -0.39 is 16.1 Å². The largest absolute Gasteiger partial charge is 0.376 e. The maximum absolute atomic E-state index is 11.3. The van der Waals surface area contributed by atoms with E-state index in [9.17, 15) is 8.42 Å². The van der Waals surface area contributed by atoms with Crippen LogP contribution in [0.5, 0.6) is 0 Å². The molecule has 0 aliphatic carbocycles. The number of hydrogen-bond donors (Lipinski definition) is 3. The lowest BCUT2D eigenvalue weighted by Crippen LogP contribution is -2.39. The second-order valence-electron chi connectivity index (χ2n) is 3.60. The van der Waals surface area contributed by atoms with Crippen LogP contribution in [0.2, 0.25) is 0 Å². The van der Waals surface area contributed by atoms with Crippen molar-refractivity contribution >= 4 is 27.4 Å². The first-order valence-electron chi connectivity index (χ1n) is 4.94. The van der Waals surface area contributed by atoms with Crippen LogP contribution in [0.4, 0.5) is 0 Å². The molecule has 4 N–H and O–H groups in total. The standard InChI is InChI=1S/C10H15N3O2S2/c1-17(14,15)13-9(7-12-10(11)16)8-5-3-2-4-6-8/h2-6,9,13H,7H2,1H3,(H3,11,12,16). The zero-order valence-corrected chi connectivity index (χ0v) is 11.0. The van der Waals surface area contributed by atoms with Gasteiger partial charge in [-0.15, -0.1) is 0 Å². The highest BCUT2D eigenvalue weighted by molar-refractivity contribution is 7.88. The molecule has 0 spiro atoms. The van der Waals surface area contributed by atoms with Gasteiger partial charge in [0.25, 0.3) is 0 Å². The van der Waals surface area contributed by atoms with Crippen LogP contribution in [-0.4, -0.2) is 26.3 Å². The second-order valence-corrected chi connectivity index (χ2v) is 5.82. The summed E-state index contributed by atoms with van der Waals surface area (Å²) in [5, 5.41) is 2.89.